The monoisotopic (exact) mass is 432 g/mol. The van der Waals surface area contributed by atoms with Crippen LogP contribution in [0.3, 0.4) is 0 Å². The number of hydrogen-bond donors (Lipinski definition) is 4. The van der Waals surface area contributed by atoms with E-state index in [1.807, 2.05) is 0 Å². The largest absolute Gasteiger partial charge is 0.322 e. The Morgan fingerprint density at radius 1 is 1.07 bits per heavy atom. The van der Waals surface area contributed by atoms with E-state index < -0.39 is 0 Å². The van der Waals surface area contributed by atoms with Crippen molar-refractivity contribution < 1.29 is 0 Å². The molecule has 1 aliphatic heterocycles. The van der Waals surface area contributed by atoms with Crippen molar-refractivity contribution in [2.45, 2.75) is 24.2 Å². The smallest absolute Gasteiger partial charge is 0.0668 e. The van der Waals surface area contributed by atoms with Crippen LogP contribution in [0.4, 0.5) is 0 Å². The molecule has 27 heavy (non-hydrogen) atoms. The van der Waals surface area contributed by atoms with E-state index in [1.54, 1.807) is 34.8 Å². The Kier molecular flexibility index (Phi) is 4.86. The number of rotatable bonds is 3. The zero-order chi connectivity index (χ0) is 18.5. The minimum Gasteiger partial charge on any atom is -0.322 e. The van der Waals surface area contributed by atoms with Gasteiger partial charge in [0.1, 0.15) is 0 Å². The van der Waals surface area contributed by atoms with Crippen molar-refractivity contribution in [3.05, 3.63) is 68.1 Å². The van der Waals surface area contributed by atoms with E-state index in [0.29, 0.717) is 0 Å². The van der Waals surface area contributed by atoms with E-state index in [4.69, 9.17) is 5.73 Å². The molecule has 3 aliphatic rings. The third-order valence-corrected chi connectivity index (χ3v) is 8.43. The maximum atomic E-state index is 6.70. The molecule has 2 aromatic heterocycles. The molecule has 0 spiro atoms. The lowest BCUT2D eigenvalue weighted by Crippen LogP contribution is -2.49. The van der Waals surface area contributed by atoms with Crippen molar-refractivity contribution >= 4 is 58.8 Å². The lowest BCUT2D eigenvalue weighted by molar-refractivity contribution is 0.452. The zero-order valence-electron chi connectivity index (χ0n) is 14.6. The Bertz CT molecular complexity index is 929. The molecule has 0 aromatic carbocycles. The average Bonchev–Trinajstić information content (AvgIpc) is 3.43. The molecule has 5 rings (SSSR count). The second-order valence-electron chi connectivity index (χ2n) is 6.88. The minimum absolute atomic E-state index is 0.0275. The van der Waals surface area contributed by atoms with Gasteiger partial charge in [0, 0.05) is 21.9 Å². The second-order valence-corrected chi connectivity index (χ2v) is 10.0. The van der Waals surface area contributed by atoms with Crippen LogP contribution in [0, 0.1) is 0 Å². The van der Waals surface area contributed by atoms with Gasteiger partial charge in [0.05, 0.1) is 24.2 Å². The molecule has 140 valence electrons. The van der Waals surface area contributed by atoms with Gasteiger partial charge in [-0.25, -0.2) is 9.03 Å². The summed E-state index contributed by atoms with van der Waals surface area (Å²) in [6, 6.07) is 8.90. The van der Waals surface area contributed by atoms with Gasteiger partial charge in [-0.3, -0.25) is 4.72 Å². The normalized spacial score (nSPS) is 30.8. The van der Waals surface area contributed by atoms with E-state index in [-0.39, 0.29) is 24.2 Å². The van der Waals surface area contributed by atoms with Crippen LogP contribution in [-0.4, -0.2) is 35.5 Å². The highest BCUT2D eigenvalue weighted by molar-refractivity contribution is 7.95. The zero-order valence-corrected chi connectivity index (χ0v) is 18.0. The van der Waals surface area contributed by atoms with Crippen LogP contribution in [0.1, 0.15) is 9.75 Å². The van der Waals surface area contributed by atoms with Gasteiger partial charge < -0.3 is 5.73 Å². The lowest BCUT2D eigenvalue weighted by Gasteiger charge is -2.39. The van der Waals surface area contributed by atoms with Crippen LogP contribution in [0.2, 0.25) is 0 Å². The Labute approximate surface area is 177 Å². The molecule has 3 heterocycles. The third-order valence-electron chi connectivity index (χ3n) is 5.44. The van der Waals surface area contributed by atoms with Crippen LogP contribution in [0.15, 0.2) is 58.3 Å². The van der Waals surface area contributed by atoms with Gasteiger partial charge in [-0.2, -0.15) is 0 Å². The molecule has 4 nitrogen and oxygen atoms in total. The standard InChI is InChI=1S/C19H20N4S4/c1-23-19-11-9-12(14-4-2-6-25-14)16(20)17(21-24)10(11)8-13(18(19)22-27-23)15-5-3-7-26-15/h2-9,16-19,21-22,24H,20H2,1H3. The second kappa shape index (κ2) is 7.20. The Balaban J connectivity index is 1.71. The summed E-state index contributed by atoms with van der Waals surface area (Å²) in [6.45, 7) is 0. The van der Waals surface area contributed by atoms with Crippen molar-refractivity contribution in [2.24, 2.45) is 5.73 Å². The number of nitrogens with zero attached hydrogens (tertiary/aromatic N) is 1. The van der Waals surface area contributed by atoms with Crippen molar-refractivity contribution in [3.8, 4) is 0 Å². The summed E-state index contributed by atoms with van der Waals surface area (Å²) in [6.07, 6.45) is 4.64. The van der Waals surface area contributed by atoms with Gasteiger partial charge in [-0.05, 0) is 52.2 Å². The summed E-state index contributed by atoms with van der Waals surface area (Å²) in [5, 5.41) is 4.24. The molecule has 8 heteroatoms. The maximum Gasteiger partial charge on any atom is 0.0668 e. The average molecular weight is 433 g/mol. The van der Waals surface area contributed by atoms with Crippen molar-refractivity contribution in [3.63, 3.8) is 0 Å². The number of nitrogens with one attached hydrogen (secondary N) is 2. The lowest BCUT2D eigenvalue weighted by atomic mass is 9.75. The third kappa shape index (κ3) is 2.90. The number of thiol groups is 1. The fourth-order valence-corrected chi connectivity index (χ4v) is 6.92. The van der Waals surface area contributed by atoms with Gasteiger partial charge in [0.15, 0.2) is 0 Å². The van der Waals surface area contributed by atoms with Crippen molar-refractivity contribution in [1.82, 2.24) is 13.7 Å². The van der Waals surface area contributed by atoms with Gasteiger partial charge >= 0.3 is 0 Å². The Hall–Kier alpha value is -0.840. The summed E-state index contributed by atoms with van der Waals surface area (Å²) < 4.78 is 9.13. The predicted octanol–water partition coefficient (Wildman–Crippen LogP) is 3.57. The highest BCUT2D eigenvalue weighted by Gasteiger charge is 2.45. The molecule has 4 atom stereocenters. The molecule has 0 saturated carbocycles. The fourth-order valence-electron chi connectivity index (χ4n) is 4.16. The highest BCUT2D eigenvalue weighted by atomic mass is 32.2. The SMILES string of the molecule is CN1SNC2C(c3cccs3)=CC3=C(C=C(c4cccs4)C(N)C3NS)C21. The maximum absolute atomic E-state index is 6.70. The van der Waals surface area contributed by atoms with Gasteiger partial charge in [-0.15, -0.1) is 22.7 Å². The number of nitrogens with two attached hydrogens (primary N) is 1. The van der Waals surface area contributed by atoms with E-state index in [2.05, 4.69) is 80.8 Å². The van der Waals surface area contributed by atoms with Gasteiger partial charge in [0.25, 0.3) is 0 Å². The van der Waals surface area contributed by atoms with E-state index >= 15 is 0 Å². The van der Waals surface area contributed by atoms with E-state index in [9.17, 15) is 0 Å². The highest BCUT2D eigenvalue weighted by Crippen LogP contribution is 2.46. The van der Waals surface area contributed by atoms with Crippen LogP contribution in [0.25, 0.3) is 11.1 Å². The quantitative estimate of drug-likeness (QED) is 0.441. The molecule has 2 aliphatic carbocycles. The van der Waals surface area contributed by atoms with Gasteiger partial charge in [0.2, 0.25) is 0 Å². The van der Waals surface area contributed by atoms with Crippen molar-refractivity contribution in [2.75, 3.05) is 7.05 Å². The number of fused-ring (bicyclic) bond motifs is 2. The molecule has 0 amide bonds. The number of thiophene rings is 2. The van der Waals surface area contributed by atoms with Crippen LogP contribution in [-0.2, 0) is 0 Å². The molecule has 1 saturated heterocycles. The first kappa shape index (κ1) is 18.2. The summed E-state index contributed by atoms with van der Waals surface area (Å²) in [4.78, 5) is 2.54. The van der Waals surface area contributed by atoms with Crippen molar-refractivity contribution in [1.29, 1.82) is 0 Å². The van der Waals surface area contributed by atoms with Crippen LogP contribution >= 0.6 is 47.6 Å². The first-order valence-electron chi connectivity index (χ1n) is 8.74. The van der Waals surface area contributed by atoms with Crippen LogP contribution in [0.5, 0.6) is 0 Å². The van der Waals surface area contributed by atoms with Crippen LogP contribution < -0.4 is 15.2 Å². The number of hydrogen-bond acceptors (Lipinski definition) is 8. The molecule has 0 bridgehead atoms. The minimum atomic E-state index is -0.135. The summed E-state index contributed by atoms with van der Waals surface area (Å²) in [7, 11) is 2.15. The summed E-state index contributed by atoms with van der Waals surface area (Å²) in [5.74, 6) is 0. The summed E-state index contributed by atoms with van der Waals surface area (Å²) >= 11 is 9.66. The molecular weight excluding hydrogens is 413 g/mol. The summed E-state index contributed by atoms with van der Waals surface area (Å²) in [5.41, 5.74) is 11.8. The first-order valence-corrected chi connectivity index (χ1v) is 11.7. The molecular formula is C19H20N4S4. The Morgan fingerprint density at radius 2 is 1.74 bits per heavy atom. The molecule has 4 unspecified atom stereocenters. The van der Waals surface area contributed by atoms with E-state index in [1.165, 1.54) is 32.0 Å². The molecule has 0 radical (unpaired) electrons. The fraction of sp³-hybridized carbons (Fsp3) is 0.263. The molecule has 1 fully saturated rings. The molecule has 2 aromatic rings. The first-order chi connectivity index (χ1) is 13.2. The predicted molar refractivity (Wildman–Crippen MR) is 122 cm³/mol. The Morgan fingerprint density at radius 3 is 2.37 bits per heavy atom. The molecule has 4 N–H and O–H groups in total. The number of likely N-dealkylation sites (N-methyl/N-ethyl adjacent to an activating group) is 1. The van der Waals surface area contributed by atoms with Gasteiger partial charge in [-0.1, -0.05) is 37.1 Å². The topological polar surface area (TPSA) is 53.3 Å². The van der Waals surface area contributed by atoms with E-state index in [0.717, 1.165) is 0 Å².